The Bertz CT molecular complexity index is 907. The van der Waals surface area contributed by atoms with Crippen LogP contribution >= 0.6 is 0 Å². The maximum Gasteiger partial charge on any atom is 0.407 e. The first kappa shape index (κ1) is 17.4. The lowest BCUT2D eigenvalue weighted by molar-refractivity contribution is -0.137. The number of alkyl carbamates (subject to hydrolysis) is 1. The van der Waals surface area contributed by atoms with Crippen molar-refractivity contribution in [3.05, 3.63) is 78.1 Å². The van der Waals surface area contributed by atoms with Gasteiger partial charge in [0.2, 0.25) is 0 Å². The van der Waals surface area contributed by atoms with Crippen molar-refractivity contribution < 1.29 is 19.4 Å². The van der Waals surface area contributed by atoms with Gasteiger partial charge in [-0.05, 0) is 10.9 Å². The van der Waals surface area contributed by atoms with Gasteiger partial charge in [-0.15, -0.1) is 0 Å². The van der Waals surface area contributed by atoms with Crippen molar-refractivity contribution in [2.75, 3.05) is 0 Å². The number of carboxylic acid groups (broad SMARTS) is 1. The number of fused-ring (bicyclic) bond motifs is 1. The van der Waals surface area contributed by atoms with Crippen LogP contribution in [-0.2, 0) is 16.1 Å². The zero-order valence-corrected chi connectivity index (χ0v) is 14.0. The minimum Gasteiger partial charge on any atom is -0.481 e. The van der Waals surface area contributed by atoms with Crippen molar-refractivity contribution in [1.82, 2.24) is 10.3 Å². The lowest BCUT2D eigenvalue weighted by Gasteiger charge is -2.18. The molecule has 2 aromatic carbocycles. The van der Waals surface area contributed by atoms with E-state index in [2.05, 4.69) is 10.3 Å². The van der Waals surface area contributed by atoms with Crippen molar-refractivity contribution in [3.8, 4) is 0 Å². The average molecular weight is 350 g/mol. The molecule has 0 unspecified atom stereocenters. The van der Waals surface area contributed by atoms with Crippen molar-refractivity contribution in [1.29, 1.82) is 0 Å². The van der Waals surface area contributed by atoms with E-state index < -0.39 is 18.1 Å². The summed E-state index contributed by atoms with van der Waals surface area (Å²) >= 11 is 0. The normalized spacial score (nSPS) is 11.7. The lowest BCUT2D eigenvalue weighted by Crippen LogP contribution is -2.31. The van der Waals surface area contributed by atoms with Gasteiger partial charge in [0.25, 0.3) is 0 Å². The molecule has 0 aliphatic rings. The summed E-state index contributed by atoms with van der Waals surface area (Å²) in [5.74, 6) is -1.02. The molecule has 0 radical (unpaired) electrons. The third-order valence-electron chi connectivity index (χ3n) is 3.96. The van der Waals surface area contributed by atoms with Crippen LogP contribution in [0.2, 0.25) is 0 Å². The molecule has 132 valence electrons. The van der Waals surface area contributed by atoms with Gasteiger partial charge in [-0.25, -0.2) is 4.79 Å². The van der Waals surface area contributed by atoms with E-state index in [1.165, 1.54) is 0 Å². The van der Waals surface area contributed by atoms with Crippen LogP contribution in [-0.4, -0.2) is 22.2 Å². The van der Waals surface area contributed by atoms with Gasteiger partial charge in [-0.3, -0.25) is 9.78 Å². The second-order valence-electron chi connectivity index (χ2n) is 5.81. The maximum atomic E-state index is 12.2. The van der Waals surface area contributed by atoms with Crippen LogP contribution in [0.15, 0.2) is 67.0 Å². The monoisotopic (exact) mass is 350 g/mol. The van der Waals surface area contributed by atoms with E-state index in [9.17, 15) is 14.7 Å². The largest absolute Gasteiger partial charge is 0.481 e. The van der Waals surface area contributed by atoms with E-state index in [4.69, 9.17) is 4.74 Å². The predicted molar refractivity (Wildman–Crippen MR) is 96.5 cm³/mol. The Morgan fingerprint density at radius 3 is 2.54 bits per heavy atom. The molecule has 1 atom stereocenters. The van der Waals surface area contributed by atoms with Crippen molar-refractivity contribution in [2.24, 2.45) is 0 Å². The molecule has 6 nitrogen and oxygen atoms in total. The molecule has 1 aromatic heterocycles. The van der Waals surface area contributed by atoms with Crippen LogP contribution < -0.4 is 5.32 Å². The maximum absolute atomic E-state index is 12.2. The molecule has 1 amide bonds. The lowest BCUT2D eigenvalue weighted by atomic mass is 9.99. The summed E-state index contributed by atoms with van der Waals surface area (Å²) in [5, 5.41) is 13.6. The SMILES string of the molecule is O=C(O)C[C@@H](NC(=O)OCc1ccccc1)c1cncc2ccccc12. The zero-order chi connectivity index (χ0) is 18.4. The Morgan fingerprint density at radius 2 is 1.77 bits per heavy atom. The highest BCUT2D eigenvalue weighted by Gasteiger charge is 2.21. The Kier molecular flexibility index (Phi) is 5.43. The molecular weight excluding hydrogens is 332 g/mol. The van der Waals surface area contributed by atoms with Gasteiger partial charge in [-0.1, -0.05) is 54.6 Å². The first-order valence-corrected chi connectivity index (χ1v) is 8.15. The highest BCUT2D eigenvalue weighted by Crippen LogP contribution is 2.25. The average Bonchev–Trinajstić information content (AvgIpc) is 2.66. The van der Waals surface area contributed by atoms with Crippen LogP contribution in [0.4, 0.5) is 4.79 Å². The quantitative estimate of drug-likeness (QED) is 0.708. The number of benzene rings is 2. The van der Waals surface area contributed by atoms with Crippen LogP contribution in [0, 0.1) is 0 Å². The summed E-state index contributed by atoms with van der Waals surface area (Å²) in [6, 6.07) is 16.0. The summed E-state index contributed by atoms with van der Waals surface area (Å²) in [5.41, 5.74) is 1.49. The number of carbonyl (C=O) groups is 2. The second-order valence-corrected chi connectivity index (χ2v) is 5.81. The van der Waals surface area contributed by atoms with Gasteiger partial charge in [0, 0.05) is 23.3 Å². The number of hydrogen-bond donors (Lipinski definition) is 2. The Labute approximate surface area is 150 Å². The number of ether oxygens (including phenoxy) is 1. The molecule has 0 spiro atoms. The van der Waals surface area contributed by atoms with Gasteiger partial charge in [-0.2, -0.15) is 0 Å². The number of aromatic nitrogens is 1. The number of aliphatic carboxylic acids is 1. The first-order valence-electron chi connectivity index (χ1n) is 8.15. The van der Waals surface area contributed by atoms with Gasteiger partial charge in [0.1, 0.15) is 6.61 Å². The Hall–Kier alpha value is -3.41. The number of pyridine rings is 1. The van der Waals surface area contributed by atoms with E-state index in [1.807, 2.05) is 54.6 Å². The smallest absolute Gasteiger partial charge is 0.407 e. The predicted octanol–water partition coefficient (Wildman–Crippen LogP) is 3.68. The Morgan fingerprint density at radius 1 is 1.04 bits per heavy atom. The van der Waals surface area contributed by atoms with E-state index >= 15 is 0 Å². The van der Waals surface area contributed by atoms with Gasteiger partial charge < -0.3 is 15.2 Å². The van der Waals surface area contributed by atoms with Gasteiger partial charge in [0.15, 0.2) is 0 Å². The standard InChI is InChI=1S/C20H18N2O4/c23-19(24)10-18(17-12-21-11-15-8-4-5-9-16(15)17)22-20(25)26-13-14-6-2-1-3-7-14/h1-9,11-12,18H,10,13H2,(H,22,25)(H,23,24)/t18-/m1/s1. The molecule has 0 aliphatic heterocycles. The highest BCUT2D eigenvalue weighted by molar-refractivity contribution is 5.86. The molecule has 2 N–H and O–H groups in total. The minimum absolute atomic E-state index is 0.111. The van der Waals surface area contributed by atoms with Crippen molar-refractivity contribution in [3.63, 3.8) is 0 Å². The molecule has 6 heteroatoms. The van der Waals surface area contributed by atoms with Crippen molar-refractivity contribution in [2.45, 2.75) is 19.1 Å². The number of nitrogens with one attached hydrogen (secondary N) is 1. The molecule has 26 heavy (non-hydrogen) atoms. The van der Waals surface area contributed by atoms with E-state index in [1.54, 1.807) is 12.4 Å². The number of carbonyl (C=O) groups excluding carboxylic acids is 1. The summed E-state index contributed by atoms with van der Waals surface area (Å²) in [6.07, 6.45) is 2.33. The third kappa shape index (κ3) is 4.36. The molecule has 0 saturated heterocycles. The highest BCUT2D eigenvalue weighted by atomic mass is 16.5. The van der Waals surface area contributed by atoms with Crippen LogP contribution in [0.3, 0.4) is 0 Å². The number of nitrogens with zero attached hydrogens (tertiary/aromatic N) is 1. The molecule has 0 aliphatic carbocycles. The summed E-state index contributed by atoms with van der Waals surface area (Å²) < 4.78 is 5.21. The first-order chi connectivity index (χ1) is 12.6. The Balaban J connectivity index is 1.77. The molecule has 3 rings (SSSR count). The molecule has 0 saturated carbocycles. The summed E-state index contributed by atoms with van der Waals surface area (Å²) in [4.78, 5) is 27.6. The fourth-order valence-electron chi connectivity index (χ4n) is 2.74. The van der Waals surface area contributed by atoms with Crippen molar-refractivity contribution >= 4 is 22.8 Å². The second kappa shape index (κ2) is 8.11. The topological polar surface area (TPSA) is 88.5 Å². The number of amides is 1. The molecular formula is C20H18N2O4. The third-order valence-corrected chi connectivity index (χ3v) is 3.96. The summed E-state index contributed by atoms with van der Waals surface area (Å²) in [7, 11) is 0. The van der Waals surface area contributed by atoms with E-state index in [0.29, 0.717) is 5.56 Å². The fraction of sp³-hybridized carbons (Fsp3) is 0.150. The van der Waals surface area contributed by atoms with E-state index in [-0.39, 0.29) is 13.0 Å². The van der Waals surface area contributed by atoms with Gasteiger partial charge in [0.05, 0.1) is 12.5 Å². The van der Waals surface area contributed by atoms with Crippen LogP contribution in [0.25, 0.3) is 10.8 Å². The van der Waals surface area contributed by atoms with Crippen LogP contribution in [0.1, 0.15) is 23.6 Å². The fourth-order valence-corrected chi connectivity index (χ4v) is 2.74. The number of carboxylic acids is 1. The minimum atomic E-state index is -1.02. The molecule has 3 aromatic rings. The van der Waals surface area contributed by atoms with E-state index in [0.717, 1.165) is 16.3 Å². The number of hydrogen-bond acceptors (Lipinski definition) is 4. The molecule has 1 heterocycles. The van der Waals surface area contributed by atoms with Gasteiger partial charge >= 0.3 is 12.1 Å². The summed E-state index contributed by atoms with van der Waals surface area (Å²) in [6.45, 7) is 0.111. The molecule has 0 bridgehead atoms. The van der Waals surface area contributed by atoms with Crippen LogP contribution in [0.5, 0.6) is 0 Å². The zero-order valence-electron chi connectivity index (χ0n) is 14.0. The number of rotatable bonds is 6. The molecule has 0 fully saturated rings.